The Morgan fingerprint density at radius 3 is 3.00 bits per heavy atom. The van der Waals surface area contributed by atoms with Crippen molar-refractivity contribution in [2.75, 3.05) is 31.6 Å². The largest absolute Gasteiger partial charge is 0.389 e. The highest BCUT2D eigenvalue weighted by atomic mass is 16.3. The molecular formula is C16H25N3O. The summed E-state index contributed by atoms with van der Waals surface area (Å²) in [4.78, 5) is 9.44. The monoisotopic (exact) mass is 275 g/mol. The van der Waals surface area contributed by atoms with Crippen LogP contribution < -0.4 is 4.90 Å². The topological polar surface area (TPSA) is 39.6 Å². The summed E-state index contributed by atoms with van der Waals surface area (Å²) in [5, 5.41) is 9.93. The fraction of sp³-hybridized carbons (Fsp3) is 0.688. The first kappa shape index (κ1) is 13.8. The highest BCUT2D eigenvalue weighted by Crippen LogP contribution is 2.33. The Kier molecular flexibility index (Phi) is 3.94. The van der Waals surface area contributed by atoms with Crippen molar-refractivity contribution in [3.05, 3.63) is 23.9 Å². The molecule has 4 nitrogen and oxygen atoms in total. The van der Waals surface area contributed by atoms with E-state index in [0.29, 0.717) is 0 Å². The van der Waals surface area contributed by atoms with Gasteiger partial charge >= 0.3 is 0 Å². The molecule has 4 heteroatoms. The van der Waals surface area contributed by atoms with E-state index in [-0.39, 0.29) is 0 Å². The van der Waals surface area contributed by atoms with Gasteiger partial charge in [0.25, 0.3) is 0 Å². The van der Waals surface area contributed by atoms with Gasteiger partial charge in [-0.25, -0.2) is 4.98 Å². The normalized spacial score (nSPS) is 29.1. The highest BCUT2D eigenvalue weighted by Gasteiger charge is 2.35. The lowest BCUT2D eigenvalue weighted by atomic mass is 9.84. The van der Waals surface area contributed by atoms with Gasteiger partial charge in [-0.15, -0.1) is 0 Å². The van der Waals surface area contributed by atoms with E-state index < -0.39 is 6.10 Å². The minimum Gasteiger partial charge on any atom is -0.389 e. The number of hydrogen-bond acceptors (Lipinski definition) is 4. The number of fused-ring (bicyclic) bond motifs is 1. The van der Waals surface area contributed by atoms with Gasteiger partial charge in [-0.2, -0.15) is 0 Å². The van der Waals surface area contributed by atoms with Crippen molar-refractivity contribution in [3.8, 4) is 0 Å². The molecule has 0 radical (unpaired) electrons. The number of piperidine rings is 2. The molecule has 110 valence electrons. The third-order valence-electron chi connectivity index (χ3n) is 4.91. The highest BCUT2D eigenvalue weighted by molar-refractivity contribution is 5.48. The molecule has 1 aromatic rings. The van der Waals surface area contributed by atoms with Crippen LogP contribution in [0, 0.1) is 5.92 Å². The number of pyridine rings is 1. The van der Waals surface area contributed by atoms with Crippen molar-refractivity contribution in [2.45, 2.75) is 38.3 Å². The molecule has 0 amide bonds. The SMILES string of the molecule is CC(O)c1cccnc1N1CCC2C(CCCN2C)C1. The summed E-state index contributed by atoms with van der Waals surface area (Å²) >= 11 is 0. The van der Waals surface area contributed by atoms with Crippen molar-refractivity contribution in [2.24, 2.45) is 5.92 Å². The van der Waals surface area contributed by atoms with Gasteiger partial charge in [0.2, 0.25) is 0 Å². The van der Waals surface area contributed by atoms with Crippen LogP contribution in [0.25, 0.3) is 0 Å². The molecule has 0 aliphatic carbocycles. The van der Waals surface area contributed by atoms with Crippen molar-refractivity contribution in [3.63, 3.8) is 0 Å². The van der Waals surface area contributed by atoms with E-state index in [1.165, 1.54) is 25.8 Å². The lowest BCUT2D eigenvalue weighted by molar-refractivity contribution is 0.102. The molecule has 3 atom stereocenters. The van der Waals surface area contributed by atoms with Crippen LogP contribution in [0.2, 0.25) is 0 Å². The Balaban J connectivity index is 1.79. The molecule has 0 aromatic carbocycles. The van der Waals surface area contributed by atoms with E-state index in [0.717, 1.165) is 36.4 Å². The Labute approximate surface area is 121 Å². The number of likely N-dealkylation sites (tertiary alicyclic amines) is 1. The maximum atomic E-state index is 9.93. The molecule has 2 aliphatic rings. The Bertz CT molecular complexity index is 463. The van der Waals surface area contributed by atoms with Gasteiger partial charge in [-0.3, -0.25) is 0 Å². The number of nitrogens with zero attached hydrogens (tertiary/aromatic N) is 3. The second kappa shape index (κ2) is 5.70. The molecule has 0 spiro atoms. The average molecular weight is 275 g/mol. The van der Waals surface area contributed by atoms with E-state index in [4.69, 9.17) is 0 Å². The minimum atomic E-state index is -0.453. The summed E-state index contributed by atoms with van der Waals surface area (Å²) in [6.45, 7) is 5.18. The lowest BCUT2D eigenvalue weighted by Gasteiger charge is -2.46. The summed E-state index contributed by atoms with van der Waals surface area (Å²) in [5.74, 6) is 1.72. The van der Waals surface area contributed by atoms with Crippen molar-refractivity contribution in [1.29, 1.82) is 0 Å². The molecule has 0 saturated carbocycles. The molecule has 3 unspecified atom stereocenters. The van der Waals surface area contributed by atoms with E-state index in [2.05, 4.69) is 21.8 Å². The fourth-order valence-corrected chi connectivity index (χ4v) is 3.84. The zero-order chi connectivity index (χ0) is 14.1. The van der Waals surface area contributed by atoms with Crippen LogP contribution in [0.15, 0.2) is 18.3 Å². The van der Waals surface area contributed by atoms with Crippen LogP contribution in [0.1, 0.15) is 37.9 Å². The van der Waals surface area contributed by atoms with Gasteiger partial charge in [-0.1, -0.05) is 6.07 Å². The Morgan fingerprint density at radius 1 is 1.35 bits per heavy atom. The van der Waals surface area contributed by atoms with Crippen LogP contribution in [0.3, 0.4) is 0 Å². The van der Waals surface area contributed by atoms with Gasteiger partial charge in [0.1, 0.15) is 5.82 Å². The van der Waals surface area contributed by atoms with Crippen molar-refractivity contribution < 1.29 is 5.11 Å². The van der Waals surface area contributed by atoms with Gasteiger partial charge in [0.15, 0.2) is 0 Å². The summed E-state index contributed by atoms with van der Waals surface area (Å²) in [7, 11) is 2.26. The Hall–Kier alpha value is -1.13. The first-order valence-electron chi connectivity index (χ1n) is 7.75. The molecule has 2 saturated heterocycles. The van der Waals surface area contributed by atoms with Crippen LogP contribution >= 0.6 is 0 Å². The van der Waals surface area contributed by atoms with Crippen molar-refractivity contribution >= 4 is 5.82 Å². The first-order valence-corrected chi connectivity index (χ1v) is 7.75. The number of aromatic nitrogens is 1. The van der Waals surface area contributed by atoms with Gasteiger partial charge < -0.3 is 14.9 Å². The van der Waals surface area contributed by atoms with Crippen LogP contribution in [-0.4, -0.2) is 47.7 Å². The molecular weight excluding hydrogens is 250 g/mol. The summed E-state index contributed by atoms with van der Waals surface area (Å²) in [5.41, 5.74) is 0.954. The molecule has 1 N–H and O–H groups in total. The van der Waals surface area contributed by atoms with Gasteiger partial charge in [0, 0.05) is 30.9 Å². The van der Waals surface area contributed by atoms with Gasteiger partial charge in [-0.05, 0) is 51.8 Å². The van der Waals surface area contributed by atoms with E-state index in [1.54, 1.807) is 0 Å². The number of anilines is 1. The Morgan fingerprint density at radius 2 is 2.20 bits per heavy atom. The van der Waals surface area contributed by atoms with E-state index in [9.17, 15) is 5.11 Å². The summed E-state index contributed by atoms with van der Waals surface area (Å²) in [6.07, 6.45) is 5.21. The maximum Gasteiger partial charge on any atom is 0.134 e. The number of rotatable bonds is 2. The third-order valence-corrected chi connectivity index (χ3v) is 4.91. The molecule has 3 rings (SSSR count). The zero-order valence-corrected chi connectivity index (χ0v) is 12.5. The maximum absolute atomic E-state index is 9.93. The zero-order valence-electron chi connectivity index (χ0n) is 12.5. The number of aliphatic hydroxyl groups excluding tert-OH is 1. The quantitative estimate of drug-likeness (QED) is 0.897. The second-order valence-corrected chi connectivity index (χ2v) is 6.28. The van der Waals surface area contributed by atoms with Crippen LogP contribution in [0.4, 0.5) is 5.82 Å². The number of hydrogen-bond donors (Lipinski definition) is 1. The molecule has 3 heterocycles. The van der Waals surface area contributed by atoms with E-state index in [1.807, 2.05) is 25.3 Å². The molecule has 2 fully saturated rings. The standard InChI is InChI=1S/C16H25N3O/c1-12(20)14-6-3-8-17-16(14)19-10-7-15-13(11-19)5-4-9-18(15)2/h3,6,8,12-13,15,20H,4-5,7,9-11H2,1-2H3. The fourth-order valence-electron chi connectivity index (χ4n) is 3.84. The van der Waals surface area contributed by atoms with Gasteiger partial charge in [0.05, 0.1) is 6.10 Å². The van der Waals surface area contributed by atoms with E-state index >= 15 is 0 Å². The first-order chi connectivity index (χ1) is 9.66. The third kappa shape index (κ3) is 2.54. The smallest absolute Gasteiger partial charge is 0.134 e. The van der Waals surface area contributed by atoms with Crippen LogP contribution in [0.5, 0.6) is 0 Å². The second-order valence-electron chi connectivity index (χ2n) is 6.28. The molecule has 20 heavy (non-hydrogen) atoms. The summed E-state index contributed by atoms with van der Waals surface area (Å²) < 4.78 is 0. The predicted molar refractivity (Wildman–Crippen MR) is 80.8 cm³/mol. The number of aliphatic hydroxyl groups is 1. The average Bonchev–Trinajstić information content (AvgIpc) is 2.47. The molecule has 1 aromatic heterocycles. The minimum absolute atomic E-state index is 0.453. The molecule has 2 aliphatic heterocycles. The van der Waals surface area contributed by atoms with Crippen LogP contribution in [-0.2, 0) is 0 Å². The molecule has 0 bridgehead atoms. The lowest BCUT2D eigenvalue weighted by Crippen LogP contribution is -2.53. The van der Waals surface area contributed by atoms with Crippen molar-refractivity contribution in [1.82, 2.24) is 9.88 Å². The predicted octanol–water partition coefficient (Wildman–Crippen LogP) is 2.06. The summed E-state index contributed by atoms with van der Waals surface area (Å²) in [6, 6.07) is 4.64.